The van der Waals surface area contributed by atoms with Gasteiger partial charge in [0.2, 0.25) is 5.78 Å². The van der Waals surface area contributed by atoms with Crippen molar-refractivity contribution in [2.24, 2.45) is 17.6 Å². The Morgan fingerprint density at radius 3 is 2.13 bits per heavy atom. The van der Waals surface area contributed by atoms with Gasteiger partial charge in [0, 0.05) is 23.6 Å². The molecule has 13 nitrogen and oxygen atoms in total. The number of carboxylic acids is 2. The van der Waals surface area contributed by atoms with Crippen molar-refractivity contribution >= 4 is 29.4 Å². The first-order valence-corrected chi connectivity index (χ1v) is 11.2. The van der Waals surface area contributed by atoms with Crippen LogP contribution in [0.15, 0.2) is 53.0 Å². The summed E-state index contributed by atoms with van der Waals surface area (Å²) < 4.78 is 0. The number of phenolic OH excluding ortho intramolecular Hbond substituents is 1. The molecule has 0 spiro atoms. The molecule has 0 saturated carbocycles. The molecular weight excluding hydrogens is 504 g/mol. The van der Waals surface area contributed by atoms with E-state index in [0.717, 1.165) is 0 Å². The molecule has 4 rings (SSSR count). The average Bonchev–Trinajstić information content (AvgIpc) is 2.80. The van der Waals surface area contributed by atoms with Crippen LogP contribution in [0.1, 0.15) is 22.3 Å². The van der Waals surface area contributed by atoms with Crippen molar-refractivity contribution in [2.75, 3.05) is 14.1 Å². The van der Waals surface area contributed by atoms with E-state index >= 15 is 0 Å². The number of aliphatic hydroxyl groups excluding tert-OH is 2. The lowest BCUT2D eigenvalue weighted by Crippen LogP contribution is -2.63. The summed E-state index contributed by atoms with van der Waals surface area (Å²) in [6.45, 7) is 0. The molecule has 0 aromatic heterocycles. The Bertz CT molecular complexity index is 1320. The van der Waals surface area contributed by atoms with E-state index in [9.17, 15) is 44.4 Å². The topological polar surface area (TPSA) is 236 Å². The SMILES string of the molecule is CN(C)[C@@H]1C(O)=C(C(N)=O)C(=O)[C@@]2(O)C(O)=C3C(=O)c4c(O)cccc4C[C@H]3C[C@@H]12.O=C(O)/C=C\C(=O)O. The number of phenols is 1. The standard InChI is InChI=1S/C21H22N2O7.C4H4O4/c1-23(2)15-10-7-9-6-8-4-3-5-11(24)12(8)16(25)13(9)18(27)21(10,30)19(28)14(17(15)26)20(22)29;5-3(6)1-2-4(7)8/h3-5,9-10,15,24,26-27,30H,6-7H2,1-2H3,(H2,22,29);1-2H,(H,5,6)(H,7,8)/b;2-1-/t9-,10-,15-,21-;/m0./s1. The maximum atomic E-state index is 13.1. The van der Waals surface area contributed by atoms with Gasteiger partial charge in [-0.05, 0) is 44.5 Å². The fourth-order valence-electron chi connectivity index (χ4n) is 5.33. The first-order valence-electron chi connectivity index (χ1n) is 11.2. The highest BCUT2D eigenvalue weighted by Gasteiger charge is 2.63. The molecule has 3 aliphatic rings. The molecule has 0 saturated heterocycles. The molecule has 0 bridgehead atoms. The molecule has 0 radical (unpaired) electrons. The van der Waals surface area contributed by atoms with Gasteiger partial charge in [-0.3, -0.25) is 19.3 Å². The summed E-state index contributed by atoms with van der Waals surface area (Å²) in [4.78, 5) is 58.7. The van der Waals surface area contributed by atoms with E-state index in [1.54, 1.807) is 26.2 Å². The van der Waals surface area contributed by atoms with Crippen LogP contribution in [0.4, 0.5) is 0 Å². The van der Waals surface area contributed by atoms with Gasteiger partial charge in [0.05, 0.1) is 11.6 Å². The number of amides is 1. The van der Waals surface area contributed by atoms with Gasteiger partial charge in [0.15, 0.2) is 11.4 Å². The Morgan fingerprint density at radius 2 is 1.63 bits per heavy atom. The van der Waals surface area contributed by atoms with E-state index < -0.39 is 70.0 Å². The van der Waals surface area contributed by atoms with Crippen LogP contribution in [0.2, 0.25) is 0 Å². The zero-order chi connectivity index (χ0) is 28.7. The van der Waals surface area contributed by atoms with Crippen LogP contribution in [0, 0.1) is 11.8 Å². The van der Waals surface area contributed by atoms with E-state index in [0.29, 0.717) is 24.1 Å². The van der Waals surface area contributed by atoms with Gasteiger partial charge in [-0.1, -0.05) is 12.1 Å². The average molecular weight is 530 g/mol. The number of primary amides is 1. The number of likely N-dealkylation sites (N-methyl/N-ethyl adjacent to an activating group) is 1. The number of carboxylic acid groups (broad SMARTS) is 2. The summed E-state index contributed by atoms with van der Waals surface area (Å²) in [5, 5.41) is 58.8. The van der Waals surface area contributed by atoms with Gasteiger partial charge in [-0.2, -0.15) is 0 Å². The number of allylic oxidation sites excluding steroid dienone is 1. The number of ketones is 2. The first-order chi connectivity index (χ1) is 17.6. The van der Waals surface area contributed by atoms with Gasteiger partial charge in [0.25, 0.3) is 5.91 Å². The summed E-state index contributed by atoms with van der Waals surface area (Å²) in [6, 6.07) is 3.66. The molecule has 0 heterocycles. The predicted octanol–water partition coefficient (Wildman–Crippen LogP) is -0.168. The quantitative estimate of drug-likeness (QED) is 0.198. The molecule has 0 unspecified atom stereocenters. The summed E-state index contributed by atoms with van der Waals surface area (Å²) in [6.07, 6.45) is 1.50. The van der Waals surface area contributed by atoms with Crippen LogP contribution < -0.4 is 5.73 Å². The second-order valence-corrected chi connectivity index (χ2v) is 9.28. The van der Waals surface area contributed by atoms with Gasteiger partial charge in [0.1, 0.15) is 22.8 Å². The van der Waals surface area contributed by atoms with Crippen LogP contribution in [-0.4, -0.2) is 90.7 Å². The van der Waals surface area contributed by atoms with E-state index in [4.69, 9.17) is 15.9 Å². The number of nitrogens with two attached hydrogens (primary N) is 1. The van der Waals surface area contributed by atoms with Crippen molar-refractivity contribution in [3.8, 4) is 5.75 Å². The van der Waals surface area contributed by atoms with Crippen LogP contribution in [-0.2, 0) is 25.6 Å². The third kappa shape index (κ3) is 4.53. The number of benzene rings is 1. The van der Waals surface area contributed by atoms with E-state index in [1.165, 1.54) is 11.0 Å². The first kappa shape index (κ1) is 28.1. The Hall–Kier alpha value is -4.49. The highest BCUT2D eigenvalue weighted by Crippen LogP contribution is 2.52. The van der Waals surface area contributed by atoms with Gasteiger partial charge >= 0.3 is 11.9 Å². The summed E-state index contributed by atoms with van der Waals surface area (Å²) in [5.74, 6) is -8.93. The number of aromatic hydroxyl groups is 1. The monoisotopic (exact) mass is 530 g/mol. The second-order valence-electron chi connectivity index (χ2n) is 9.28. The van der Waals surface area contributed by atoms with Crippen molar-refractivity contribution in [1.82, 2.24) is 4.90 Å². The van der Waals surface area contributed by atoms with Crippen LogP contribution in [0.3, 0.4) is 0 Å². The molecule has 1 amide bonds. The zero-order valence-corrected chi connectivity index (χ0v) is 20.3. The molecule has 4 atom stereocenters. The normalized spacial score (nSPS) is 26.4. The number of aliphatic hydroxyl groups is 3. The molecule has 38 heavy (non-hydrogen) atoms. The number of carbonyl (C=O) groups excluding carboxylic acids is 3. The number of fused-ring (bicyclic) bond motifs is 3. The van der Waals surface area contributed by atoms with Crippen molar-refractivity contribution in [2.45, 2.75) is 24.5 Å². The number of aliphatic carboxylic acids is 2. The summed E-state index contributed by atoms with van der Waals surface area (Å²) in [5.41, 5.74) is 2.31. The minimum atomic E-state index is -2.60. The van der Waals surface area contributed by atoms with Gasteiger partial charge in [-0.25, -0.2) is 9.59 Å². The molecule has 202 valence electrons. The number of hydrogen-bond acceptors (Lipinski definition) is 10. The lowest BCUT2D eigenvalue weighted by Gasteiger charge is -2.50. The Labute approximate surface area is 215 Å². The van der Waals surface area contributed by atoms with Crippen molar-refractivity contribution in [1.29, 1.82) is 0 Å². The fourth-order valence-corrected chi connectivity index (χ4v) is 5.33. The molecule has 8 N–H and O–H groups in total. The minimum absolute atomic E-state index is 0.0123. The number of nitrogens with zero attached hydrogens (tertiary/aromatic N) is 1. The van der Waals surface area contributed by atoms with E-state index in [1.807, 2.05) is 0 Å². The van der Waals surface area contributed by atoms with Crippen molar-refractivity contribution in [3.05, 3.63) is 64.1 Å². The second kappa shape index (κ2) is 10.1. The molecule has 3 aliphatic carbocycles. The Balaban J connectivity index is 0.000000436. The van der Waals surface area contributed by atoms with Crippen LogP contribution in [0.25, 0.3) is 0 Å². The molecule has 13 heteroatoms. The van der Waals surface area contributed by atoms with Crippen molar-refractivity contribution in [3.63, 3.8) is 0 Å². The molecular formula is C25H26N2O11. The highest BCUT2D eigenvalue weighted by atomic mass is 16.4. The summed E-state index contributed by atoms with van der Waals surface area (Å²) >= 11 is 0. The fraction of sp³-hybridized carbons (Fsp3) is 0.320. The zero-order valence-electron chi connectivity index (χ0n) is 20.3. The third-order valence-corrected chi connectivity index (χ3v) is 6.83. The largest absolute Gasteiger partial charge is 0.510 e. The lowest BCUT2D eigenvalue weighted by atomic mass is 9.58. The third-order valence-electron chi connectivity index (χ3n) is 6.83. The predicted molar refractivity (Wildman–Crippen MR) is 128 cm³/mol. The molecule has 1 aromatic carbocycles. The lowest BCUT2D eigenvalue weighted by molar-refractivity contribution is -0.148. The number of hydrogen-bond donors (Lipinski definition) is 7. The smallest absolute Gasteiger partial charge is 0.328 e. The van der Waals surface area contributed by atoms with Gasteiger partial charge < -0.3 is 36.4 Å². The van der Waals surface area contributed by atoms with Crippen LogP contribution in [0.5, 0.6) is 5.75 Å². The number of rotatable bonds is 4. The number of carbonyl (C=O) groups is 5. The Morgan fingerprint density at radius 1 is 1.05 bits per heavy atom. The maximum Gasteiger partial charge on any atom is 0.328 e. The van der Waals surface area contributed by atoms with Gasteiger partial charge in [-0.15, -0.1) is 0 Å². The summed E-state index contributed by atoms with van der Waals surface area (Å²) in [7, 11) is 3.18. The molecule has 1 aromatic rings. The molecule has 0 aliphatic heterocycles. The molecule has 0 fully saturated rings. The minimum Gasteiger partial charge on any atom is -0.510 e. The van der Waals surface area contributed by atoms with Crippen molar-refractivity contribution < 1.29 is 54.6 Å². The maximum absolute atomic E-state index is 13.1. The highest BCUT2D eigenvalue weighted by molar-refractivity contribution is 6.24. The van der Waals surface area contributed by atoms with E-state index in [2.05, 4.69) is 0 Å². The van der Waals surface area contributed by atoms with E-state index in [-0.39, 0.29) is 23.3 Å². The van der Waals surface area contributed by atoms with Crippen LogP contribution >= 0.6 is 0 Å². The number of Topliss-reactive ketones (excluding diaryl/α,β-unsaturated/α-hetero) is 2. The Kier molecular flexibility index (Phi) is 7.47.